The highest BCUT2D eigenvalue weighted by Gasteiger charge is 2.13. The Bertz CT molecular complexity index is 989. The molecule has 0 heterocycles. The Labute approximate surface area is 179 Å². The van der Waals surface area contributed by atoms with Crippen molar-refractivity contribution in [3.8, 4) is 5.75 Å². The van der Waals surface area contributed by atoms with Crippen molar-refractivity contribution in [2.45, 2.75) is 13.3 Å². The van der Waals surface area contributed by atoms with Crippen LogP contribution in [-0.4, -0.2) is 38.4 Å². The van der Waals surface area contributed by atoms with Crippen LogP contribution >= 0.6 is 0 Å². The van der Waals surface area contributed by atoms with Gasteiger partial charge in [0.15, 0.2) is 0 Å². The third-order valence-electron chi connectivity index (χ3n) is 5.04. The van der Waals surface area contributed by atoms with Gasteiger partial charge in [0.1, 0.15) is 18.6 Å². The largest absolute Gasteiger partial charge is 0.492 e. The lowest BCUT2D eigenvalue weighted by molar-refractivity contribution is 0.112. The molecule has 0 saturated carbocycles. The van der Waals surface area contributed by atoms with E-state index in [4.69, 9.17) is 4.74 Å². The van der Waals surface area contributed by atoms with E-state index in [1.54, 1.807) is 0 Å². The lowest BCUT2D eigenvalue weighted by Gasteiger charge is -2.17. The van der Waals surface area contributed by atoms with Crippen LogP contribution in [0.5, 0.6) is 5.75 Å². The summed E-state index contributed by atoms with van der Waals surface area (Å²) in [5.41, 5.74) is 6.42. The molecule has 3 aromatic rings. The van der Waals surface area contributed by atoms with E-state index < -0.39 is 0 Å². The molecule has 3 aromatic carbocycles. The van der Waals surface area contributed by atoms with Crippen LogP contribution in [0, 0.1) is 0 Å². The third kappa shape index (κ3) is 5.46. The average Bonchev–Trinajstić information content (AvgIpc) is 2.78. The molecule has 30 heavy (non-hydrogen) atoms. The Morgan fingerprint density at radius 3 is 2.20 bits per heavy atom. The lowest BCUT2D eigenvalue weighted by atomic mass is 9.87. The summed E-state index contributed by atoms with van der Waals surface area (Å²) in [5, 5.41) is 0. The van der Waals surface area contributed by atoms with Gasteiger partial charge in [0.05, 0.1) is 0 Å². The molecule has 3 nitrogen and oxygen atoms in total. The number of carbonyl (C=O) groups excluding carboxylic acids is 1. The molecule has 0 atom stereocenters. The highest BCUT2D eigenvalue weighted by atomic mass is 16.5. The summed E-state index contributed by atoms with van der Waals surface area (Å²) < 4.78 is 5.86. The lowest BCUT2D eigenvalue weighted by Crippen LogP contribution is -2.19. The Morgan fingerprint density at radius 2 is 1.57 bits per heavy atom. The summed E-state index contributed by atoms with van der Waals surface area (Å²) >= 11 is 0. The van der Waals surface area contributed by atoms with E-state index in [-0.39, 0.29) is 0 Å². The molecule has 0 aliphatic carbocycles. The molecule has 0 unspecified atom stereocenters. The minimum Gasteiger partial charge on any atom is -0.492 e. The Morgan fingerprint density at radius 1 is 0.867 bits per heavy atom. The van der Waals surface area contributed by atoms with E-state index in [1.165, 1.54) is 11.1 Å². The van der Waals surface area contributed by atoms with E-state index in [9.17, 15) is 4.79 Å². The van der Waals surface area contributed by atoms with Crippen LogP contribution in [0.15, 0.2) is 78.9 Å². The number of aldehydes is 1. The fourth-order valence-corrected chi connectivity index (χ4v) is 3.51. The fourth-order valence-electron chi connectivity index (χ4n) is 3.51. The van der Waals surface area contributed by atoms with Crippen LogP contribution in [0.2, 0.25) is 0 Å². The molecule has 3 rings (SSSR count). The third-order valence-corrected chi connectivity index (χ3v) is 5.04. The van der Waals surface area contributed by atoms with Crippen LogP contribution in [0.3, 0.4) is 0 Å². The van der Waals surface area contributed by atoms with E-state index in [1.807, 2.05) is 50.5 Å². The van der Waals surface area contributed by atoms with Crippen LogP contribution in [0.1, 0.15) is 40.4 Å². The molecule has 0 amide bonds. The van der Waals surface area contributed by atoms with Crippen LogP contribution in [0.4, 0.5) is 0 Å². The number of likely N-dealkylation sites (N-methyl/N-ethyl adjacent to an activating group) is 1. The highest BCUT2D eigenvalue weighted by Crippen LogP contribution is 2.35. The number of ether oxygens (including phenoxy) is 1. The average molecular weight is 400 g/mol. The fraction of sp³-hybridized carbons (Fsp3) is 0.222. The standard InChI is InChI=1S/C27H29NO2/c1-4-26(22-10-6-5-7-11-22)27(24-12-8-9-21(19-24)20-29)23-13-15-25(16-14-23)30-18-17-28(2)3/h5-16,19-20H,4,17-18H2,1-3H3/b27-26+. The normalized spacial score (nSPS) is 11.9. The Kier molecular flexibility index (Phi) is 7.58. The molecule has 0 aliphatic rings. The SMILES string of the molecule is CC/C(=C(/c1ccc(OCCN(C)C)cc1)c1cccc(C=O)c1)c1ccccc1. The van der Waals surface area contributed by atoms with Crippen molar-refractivity contribution in [2.75, 3.05) is 27.2 Å². The zero-order valence-corrected chi connectivity index (χ0v) is 18.0. The molecule has 3 heteroatoms. The Balaban J connectivity index is 2.06. The molecular formula is C27H29NO2. The van der Waals surface area contributed by atoms with Gasteiger partial charge in [0.2, 0.25) is 0 Å². The number of carbonyl (C=O) groups is 1. The van der Waals surface area contributed by atoms with Gasteiger partial charge in [-0.3, -0.25) is 4.79 Å². The van der Waals surface area contributed by atoms with Gasteiger partial charge in [-0.05, 0) is 66.6 Å². The summed E-state index contributed by atoms with van der Waals surface area (Å²) in [5.74, 6) is 0.861. The van der Waals surface area contributed by atoms with Crippen molar-refractivity contribution in [1.29, 1.82) is 0 Å². The van der Waals surface area contributed by atoms with Gasteiger partial charge in [0.25, 0.3) is 0 Å². The van der Waals surface area contributed by atoms with Gasteiger partial charge >= 0.3 is 0 Å². The van der Waals surface area contributed by atoms with Gasteiger partial charge < -0.3 is 9.64 Å². The molecule has 0 saturated heterocycles. The minimum atomic E-state index is 0.653. The maximum Gasteiger partial charge on any atom is 0.150 e. The molecule has 0 radical (unpaired) electrons. The van der Waals surface area contributed by atoms with Crippen LogP contribution < -0.4 is 4.74 Å². The summed E-state index contributed by atoms with van der Waals surface area (Å²) in [6, 6.07) is 26.5. The van der Waals surface area contributed by atoms with Gasteiger partial charge in [-0.25, -0.2) is 0 Å². The van der Waals surface area contributed by atoms with Crippen molar-refractivity contribution in [3.63, 3.8) is 0 Å². The predicted octanol–water partition coefficient (Wildman–Crippen LogP) is 5.81. The molecule has 0 N–H and O–H groups in total. The second-order valence-electron chi connectivity index (χ2n) is 7.49. The van der Waals surface area contributed by atoms with Gasteiger partial charge in [-0.1, -0.05) is 67.6 Å². The van der Waals surface area contributed by atoms with E-state index >= 15 is 0 Å². The van der Waals surface area contributed by atoms with Gasteiger partial charge in [0, 0.05) is 12.1 Å². The van der Waals surface area contributed by atoms with Crippen molar-refractivity contribution < 1.29 is 9.53 Å². The van der Waals surface area contributed by atoms with Crippen LogP contribution in [0.25, 0.3) is 11.1 Å². The summed E-state index contributed by atoms with van der Waals surface area (Å²) in [6.07, 6.45) is 1.78. The number of rotatable bonds is 9. The first-order valence-corrected chi connectivity index (χ1v) is 10.3. The number of nitrogens with zero attached hydrogens (tertiary/aromatic N) is 1. The molecule has 0 aliphatic heterocycles. The topological polar surface area (TPSA) is 29.5 Å². The number of hydrogen-bond acceptors (Lipinski definition) is 3. The maximum atomic E-state index is 11.4. The number of benzene rings is 3. The summed E-state index contributed by atoms with van der Waals surface area (Å²) in [4.78, 5) is 13.5. The van der Waals surface area contributed by atoms with Gasteiger partial charge in [-0.15, -0.1) is 0 Å². The molecule has 0 bridgehead atoms. The predicted molar refractivity (Wildman–Crippen MR) is 125 cm³/mol. The number of hydrogen-bond donors (Lipinski definition) is 0. The number of allylic oxidation sites excluding steroid dienone is 1. The minimum absolute atomic E-state index is 0.653. The van der Waals surface area contributed by atoms with E-state index in [2.05, 4.69) is 54.3 Å². The molecule has 0 spiro atoms. The monoisotopic (exact) mass is 399 g/mol. The molecule has 154 valence electrons. The second kappa shape index (κ2) is 10.6. The Hall–Kier alpha value is -3.17. The first-order chi connectivity index (χ1) is 14.6. The zero-order valence-electron chi connectivity index (χ0n) is 18.0. The summed E-state index contributed by atoms with van der Waals surface area (Å²) in [6.45, 7) is 3.70. The molecule has 0 fully saturated rings. The molecular weight excluding hydrogens is 370 g/mol. The first-order valence-electron chi connectivity index (χ1n) is 10.3. The van der Waals surface area contributed by atoms with E-state index in [0.717, 1.165) is 41.7 Å². The van der Waals surface area contributed by atoms with Crippen molar-refractivity contribution in [2.24, 2.45) is 0 Å². The molecule has 0 aromatic heterocycles. The maximum absolute atomic E-state index is 11.4. The van der Waals surface area contributed by atoms with Crippen molar-refractivity contribution >= 4 is 17.4 Å². The van der Waals surface area contributed by atoms with Crippen molar-refractivity contribution in [1.82, 2.24) is 4.90 Å². The second-order valence-corrected chi connectivity index (χ2v) is 7.49. The summed E-state index contributed by atoms with van der Waals surface area (Å²) in [7, 11) is 4.07. The van der Waals surface area contributed by atoms with Crippen LogP contribution in [-0.2, 0) is 0 Å². The quantitative estimate of drug-likeness (QED) is 0.336. The van der Waals surface area contributed by atoms with Crippen molar-refractivity contribution in [3.05, 3.63) is 101 Å². The van der Waals surface area contributed by atoms with E-state index in [0.29, 0.717) is 12.2 Å². The zero-order chi connectivity index (χ0) is 21.3. The highest BCUT2D eigenvalue weighted by molar-refractivity contribution is 5.99. The van der Waals surface area contributed by atoms with Gasteiger partial charge in [-0.2, -0.15) is 0 Å². The first kappa shape index (κ1) is 21.5. The smallest absolute Gasteiger partial charge is 0.150 e.